The topological polar surface area (TPSA) is 124 Å². The molecule has 164 valence electrons. The number of para-hydroxylation sites is 1. The van der Waals surface area contributed by atoms with Gasteiger partial charge in [-0.15, -0.1) is 0 Å². The first-order valence-corrected chi connectivity index (χ1v) is 11.8. The smallest absolute Gasteiger partial charge is 0.265 e. The molecule has 1 heterocycles. The fourth-order valence-electron chi connectivity index (χ4n) is 3.68. The maximum Gasteiger partial charge on any atom is 0.277 e. The number of hydrogen-bond acceptors (Lipinski definition) is 6. The maximum absolute atomic E-state index is 13.2. The molecule has 2 aromatic rings. The number of aryl methyl sites for hydroxylation is 1. The lowest BCUT2D eigenvalue weighted by atomic mass is 9.84. The molecule has 0 spiro atoms. The van der Waals surface area contributed by atoms with E-state index in [0.717, 1.165) is 5.56 Å². The van der Waals surface area contributed by atoms with E-state index in [0.29, 0.717) is 14.7 Å². The molecule has 0 aromatic heterocycles. The second-order valence-corrected chi connectivity index (χ2v) is 10.7. The van der Waals surface area contributed by atoms with Crippen molar-refractivity contribution in [2.24, 2.45) is 5.41 Å². The second kappa shape index (κ2) is 8.63. The molecule has 0 radical (unpaired) electrons. The van der Waals surface area contributed by atoms with E-state index in [4.69, 9.17) is 0 Å². The Kier molecular flexibility index (Phi) is 6.48. The Balaban J connectivity index is 2.13. The van der Waals surface area contributed by atoms with Crippen molar-refractivity contribution >= 4 is 41.9 Å². The summed E-state index contributed by atoms with van der Waals surface area (Å²) >= 11 is 1.93. The van der Waals surface area contributed by atoms with Crippen molar-refractivity contribution in [3.63, 3.8) is 0 Å². The minimum absolute atomic E-state index is 0.0785. The van der Waals surface area contributed by atoms with Crippen LogP contribution in [0.1, 0.15) is 18.1 Å². The van der Waals surface area contributed by atoms with Crippen LogP contribution in [0.3, 0.4) is 0 Å². The van der Waals surface area contributed by atoms with Gasteiger partial charge in [-0.1, -0.05) is 29.8 Å². The van der Waals surface area contributed by atoms with E-state index in [1.54, 1.807) is 31.2 Å². The van der Waals surface area contributed by atoms with Gasteiger partial charge in [0.05, 0.1) is 20.8 Å². The highest BCUT2D eigenvalue weighted by Gasteiger charge is 2.48. The molecule has 0 bridgehead atoms. The average Bonchev–Trinajstić information content (AvgIpc) is 3.04. The van der Waals surface area contributed by atoms with E-state index in [-0.39, 0.29) is 23.7 Å². The highest BCUT2D eigenvalue weighted by atomic mass is 127. The Labute approximate surface area is 193 Å². The minimum Gasteiger partial charge on any atom is -0.265 e. The van der Waals surface area contributed by atoms with Crippen LogP contribution < -0.4 is 0 Å². The molecule has 3 rings (SSSR count). The van der Waals surface area contributed by atoms with Crippen molar-refractivity contribution in [1.29, 1.82) is 0 Å². The zero-order valence-corrected chi connectivity index (χ0v) is 19.8. The molecule has 31 heavy (non-hydrogen) atoms. The van der Waals surface area contributed by atoms with Gasteiger partial charge in [0.2, 0.25) is 16.6 Å². The van der Waals surface area contributed by atoms with Crippen LogP contribution in [0.5, 0.6) is 0 Å². The van der Waals surface area contributed by atoms with Gasteiger partial charge in [-0.05, 0) is 60.2 Å². The zero-order chi connectivity index (χ0) is 23.0. The van der Waals surface area contributed by atoms with Crippen molar-refractivity contribution in [2.75, 3.05) is 19.6 Å². The fraction of sp³-hybridized carbons (Fsp3) is 0.300. The average molecular weight is 557 g/mol. The maximum atomic E-state index is 13.2. The summed E-state index contributed by atoms with van der Waals surface area (Å²) in [5, 5.41) is 22.9. The summed E-state index contributed by atoms with van der Waals surface area (Å²) in [6.07, 6.45) is 0. The van der Waals surface area contributed by atoms with Crippen molar-refractivity contribution in [1.82, 2.24) is 4.31 Å². The molecule has 0 amide bonds. The number of nitro benzene ring substituents is 1. The summed E-state index contributed by atoms with van der Waals surface area (Å²) < 4.78 is 28.1. The number of halogens is 1. The monoisotopic (exact) mass is 557 g/mol. The Hall–Kier alpha value is -2.38. The highest BCUT2D eigenvalue weighted by Crippen LogP contribution is 2.45. The molecule has 11 heteroatoms. The van der Waals surface area contributed by atoms with Gasteiger partial charge in [0.1, 0.15) is 0 Å². The number of rotatable bonds is 6. The normalized spacial score (nSPS) is 21.1. The third-order valence-electron chi connectivity index (χ3n) is 5.33. The molecule has 9 nitrogen and oxygen atoms in total. The van der Waals surface area contributed by atoms with Crippen molar-refractivity contribution in [3.8, 4) is 0 Å². The molecule has 2 aromatic carbocycles. The van der Waals surface area contributed by atoms with Crippen LogP contribution in [0.25, 0.3) is 3.58 Å². The summed E-state index contributed by atoms with van der Waals surface area (Å²) in [4.78, 5) is 22.0. The van der Waals surface area contributed by atoms with E-state index in [9.17, 15) is 28.6 Å². The fourth-order valence-corrected chi connectivity index (χ4v) is 6.49. The predicted octanol–water partition coefficient (Wildman–Crippen LogP) is 4.04. The van der Waals surface area contributed by atoms with Gasteiger partial charge in [0.15, 0.2) is 0 Å². The first-order chi connectivity index (χ1) is 14.5. The number of sulfonamides is 1. The molecule has 0 N–H and O–H groups in total. The predicted molar refractivity (Wildman–Crippen MR) is 124 cm³/mol. The molecule has 0 unspecified atom stereocenters. The molecular weight excluding hydrogens is 537 g/mol. The molecule has 1 saturated heterocycles. The van der Waals surface area contributed by atoms with Crippen molar-refractivity contribution in [3.05, 3.63) is 85.5 Å². The SMILES string of the molecule is Cc1ccc(S(=O)(=O)N2C/C(=C(\I)c3ccccc3[N+](=O)[O-])[C@@](C)(C[N+](=O)[O-])C2)cc1. The van der Waals surface area contributed by atoms with E-state index in [1.807, 2.05) is 29.5 Å². The number of nitro groups is 2. The van der Waals surface area contributed by atoms with Crippen LogP contribution in [0.15, 0.2) is 59.0 Å². The molecule has 1 aliphatic rings. The minimum atomic E-state index is -3.90. The van der Waals surface area contributed by atoms with Crippen molar-refractivity contribution < 1.29 is 18.3 Å². The van der Waals surface area contributed by atoms with Gasteiger partial charge in [-0.2, -0.15) is 4.31 Å². The van der Waals surface area contributed by atoms with E-state index < -0.39 is 31.8 Å². The quantitative estimate of drug-likeness (QED) is 0.300. The van der Waals surface area contributed by atoms with Crippen LogP contribution in [-0.2, 0) is 10.0 Å². The molecule has 1 aliphatic heterocycles. The second-order valence-electron chi connectivity index (χ2n) is 7.70. The van der Waals surface area contributed by atoms with Crippen LogP contribution in [-0.4, -0.2) is 42.2 Å². The third kappa shape index (κ3) is 4.62. The molecule has 1 atom stereocenters. The first-order valence-electron chi connectivity index (χ1n) is 9.27. The lowest BCUT2D eigenvalue weighted by Gasteiger charge is -2.22. The molecule has 1 fully saturated rings. The lowest BCUT2D eigenvalue weighted by molar-refractivity contribution is -0.493. The Bertz CT molecular complexity index is 1180. The van der Waals surface area contributed by atoms with Crippen LogP contribution in [0.2, 0.25) is 0 Å². The van der Waals surface area contributed by atoms with Gasteiger partial charge >= 0.3 is 0 Å². The van der Waals surface area contributed by atoms with Gasteiger partial charge in [-0.3, -0.25) is 20.2 Å². The van der Waals surface area contributed by atoms with Gasteiger partial charge in [0, 0.05) is 27.7 Å². The van der Waals surface area contributed by atoms with Gasteiger partial charge in [0.25, 0.3) is 5.69 Å². The third-order valence-corrected chi connectivity index (χ3v) is 8.37. The lowest BCUT2D eigenvalue weighted by Crippen LogP contribution is -2.34. The standard InChI is InChI=1S/C20H20IN3O6S/c1-14-7-9-15(10-8-14)31(29,30)22-11-17(20(2,12-22)13-23(25)26)19(21)16-5-3-4-6-18(16)24(27)28/h3-10H,11-13H2,1-2H3/b19-17+/t20-/m1/s1. The Morgan fingerprint density at radius 3 is 2.32 bits per heavy atom. The number of benzene rings is 2. The van der Waals surface area contributed by atoms with E-state index >= 15 is 0 Å². The summed E-state index contributed by atoms with van der Waals surface area (Å²) in [5.74, 6) is 0. The zero-order valence-electron chi connectivity index (χ0n) is 16.8. The van der Waals surface area contributed by atoms with Crippen LogP contribution in [0, 0.1) is 32.6 Å². The summed E-state index contributed by atoms with van der Waals surface area (Å²) in [7, 11) is -3.90. The van der Waals surface area contributed by atoms with E-state index in [2.05, 4.69) is 0 Å². The summed E-state index contributed by atoms with van der Waals surface area (Å²) in [5.41, 5.74) is 0.469. The van der Waals surface area contributed by atoms with Crippen LogP contribution >= 0.6 is 22.6 Å². The number of nitrogens with zero attached hydrogens (tertiary/aromatic N) is 3. The Morgan fingerprint density at radius 2 is 1.74 bits per heavy atom. The largest absolute Gasteiger partial charge is 0.277 e. The molecule has 0 saturated carbocycles. The van der Waals surface area contributed by atoms with Gasteiger partial charge in [-0.25, -0.2) is 8.42 Å². The van der Waals surface area contributed by atoms with E-state index in [1.165, 1.54) is 28.6 Å². The van der Waals surface area contributed by atoms with Crippen LogP contribution in [0.4, 0.5) is 5.69 Å². The van der Waals surface area contributed by atoms with Gasteiger partial charge < -0.3 is 0 Å². The summed E-state index contributed by atoms with van der Waals surface area (Å²) in [6, 6.07) is 12.5. The first kappa shape index (κ1) is 23.3. The number of hydrogen-bond donors (Lipinski definition) is 0. The molecule has 0 aliphatic carbocycles. The highest BCUT2D eigenvalue weighted by molar-refractivity contribution is 14.1. The van der Waals surface area contributed by atoms with Crippen molar-refractivity contribution in [2.45, 2.75) is 18.7 Å². The molecular formula is C20H20IN3O6S. The Morgan fingerprint density at radius 1 is 1.13 bits per heavy atom. The summed E-state index contributed by atoms with van der Waals surface area (Å²) in [6.45, 7) is 2.81.